The lowest BCUT2D eigenvalue weighted by atomic mass is 10.3. The highest BCUT2D eigenvalue weighted by atomic mass is 32.1. The summed E-state index contributed by atoms with van der Waals surface area (Å²) in [5.41, 5.74) is 2.04. The SMILES string of the molecule is Cc1nsc2ncnc(NCc3cn[nH]c3)c12. The van der Waals surface area contributed by atoms with Gasteiger partial charge in [-0.2, -0.15) is 9.47 Å². The number of hydrogen-bond acceptors (Lipinski definition) is 6. The summed E-state index contributed by atoms with van der Waals surface area (Å²) in [6, 6.07) is 0. The van der Waals surface area contributed by atoms with Crippen LogP contribution in [0.15, 0.2) is 18.7 Å². The minimum absolute atomic E-state index is 0.678. The second-order valence-electron chi connectivity index (χ2n) is 3.63. The third kappa shape index (κ3) is 1.84. The summed E-state index contributed by atoms with van der Waals surface area (Å²) < 4.78 is 4.28. The zero-order valence-electron chi connectivity index (χ0n) is 9.14. The summed E-state index contributed by atoms with van der Waals surface area (Å²) >= 11 is 1.39. The molecule has 0 bridgehead atoms. The Morgan fingerprint density at radius 3 is 3.18 bits per heavy atom. The summed E-state index contributed by atoms with van der Waals surface area (Å²) in [6.07, 6.45) is 5.19. The Morgan fingerprint density at radius 1 is 1.41 bits per heavy atom. The van der Waals surface area contributed by atoms with Gasteiger partial charge >= 0.3 is 0 Å². The number of rotatable bonds is 3. The second kappa shape index (κ2) is 4.10. The van der Waals surface area contributed by atoms with Crippen molar-refractivity contribution in [2.75, 3.05) is 5.32 Å². The third-order valence-electron chi connectivity index (χ3n) is 2.46. The second-order valence-corrected chi connectivity index (χ2v) is 4.38. The van der Waals surface area contributed by atoms with E-state index in [0.29, 0.717) is 6.54 Å². The molecule has 17 heavy (non-hydrogen) atoms. The molecule has 0 radical (unpaired) electrons. The van der Waals surface area contributed by atoms with Gasteiger partial charge in [0, 0.05) is 18.3 Å². The van der Waals surface area contributed by atoms with Crippen LogP contribution in [-0.2, 0) is 6.54 Å². The van der Waals surface area contributed by atoms with E-state index in [1.54, 1.807) is 12.5 Å². The zero-order chi connectivity index (χ0) is 11.7. The van der Waals surface area contributed by atoms with Crippen LogP contribution in [0.5, 0.6) is 0 Å². The van der Waals surface area contributed by atoms with Gasteiger partial charge in [-0.15, -0.1) is 0 Å². The van der Waals surface area contributed by atoms with E-state index in [2.05, 4.69) is 29.9 Å². The molecule has 0 aromatic carbocycles. The molecule has 0 unspecified atom stereocenters. The number of fused-ring (bicyclic) bond motifs is 1. The van der Waals surface area contributed by atoms with Crippen LogP contribution in [0.1, 0.15) is 11.3 Å². The Bertz CT molecular complexity index is 629. The van der Waals surface area contributed by atoms with Crippen molar-refractivity contribution in [2.45, 2.75) is 13.5 Å². The number of nitrogens with zero attached hydrogens (tertiary/aromatic N) is 4. The lowest BCUT2D eigenvalue weighted by molar-refractivity contribution is 1.09. The minimum atomic E-state index is 0.678. The number of aromatic amines is 1. The van der Waals surface area contributed by atoms with Crippen LogP contribution in [0, 0.1) is 6.92 Å². The lowest BCUT2D eigenvalue weighted by Crippen LogP contribution is -2.01. The molecule has 86 valence electrons. The predicted octanol–water partition coefficient (Wildman–Crippen LogP) is 1.73. The van der Waals surface area contributed by atoms with E-state index in [0.717, 1.165) is 27.3 Å². The van der Waals surface area contributed by atoms with Crippen molar-refractivity contribution in [3.8, 4) is 0 Å². The van der Waals surface area contributed by atoms with Crippen LogP contribution in [0.25, 0.3) is 10.2 Å². The van der Waals surface area contributed by atoms with Gasteiger partial charge in [-0.3, -0.25) is 5.10 Å². The van der Waals surface area contributed by atoms with E-state index in [4.69, 9.17) is 0 Å². The van der Waals surface area contributed by atoms with Gasteiger partial charge in [0.05, 0.1) is 17.3 Å². The van der Waals surface area contributed by atoms with E-state index in [9.17, 15) is 0 Å². The van der Waals surface area contributed by atoms with Crippen LogP contribution >= 0.6 is 11.5 Å². The Hall–Kier alpha value is -2.02. The van der Waals surface area contributed by atoms with Gasteiger partial charge in [-0.1, -0.05) is 0 Å². The average molecular weight is 246 g/mol. The average Bonchev–Trinajstić information content (AvgIpc) is 2.97. The van der Waals surface area contributed by atoms with E-state index in [1.165, 1.54) is 11.5 Å². The first-order valence-electron chi connectivity index (χ1n) is 5.13. The van der Waals surface area contributed by atoms with Gasteiger partial charge in [-0.05, 0) is 18.5 Å². The zero-order valence-corrected chi connectivity index (χ0v) is 9.95. The third-order valence-corrected chi connectivity index (χ3v) is 3.31. The van der Waals surface area contributed by atoms with Gasteiger partial charge in [0.1, 0.15) is 17.0 Å². The molecular weight excluding hydrogens is 236 g/mol. The van der Waals surface area contributed by atoms with E-state index in [1.807, 2.05) is 13.1 Å². The van der Waals surface area contributed by atoms with Gasteiger partial charge in [0.15, 0.2) is 0 Å². The number of anilines is 1. The molecule has 2 N–H and O–H groups in total. The van der Waals surface area contributed by atoms with Crippen molar-refractivity contribution in [3.05, 3.63) is 30.0 Å². The molecule has 0 aliphatic carbocycles. The molecular formula is C10H10N6S. The quantitative estimate of drug-likeness (QED) is 0.735. The number of aromatic nitrogens is 5. The fourth-order valence-corrected chi connectivity index (χ4v) is 2.36. The van der Waals surface area contributed by atoms with Crippen LogP contribution in [0.4, 0.5) is 5.82 Å². The van der Waals surface area contributed by atoms with Gasteiger partial charge in [-0.25, -0.2) is 9.97 Å². The van der Waals surface area contributed by atoms with Crippen molar-refractivity contribution in [3.63, 3.8) is 0 Å². The molecule has 0 aliphatic heterocycles. The summed E-state index contributed by atoms with van der Waals surface area (Å²) in [4.78, 5) is 9.36. The van der Waals surface area contributed by atoms with E-state index in [-0.39, 0.29) is 0 Å². The summed E-state index contributed by atoms with van der Waals surface area (Å²) in [7, 11) is 0. The van der Waals surface area contributed by atoms with Gasteiger partial charge < -0.3 is 5.32 Å². The number of hydrogen-bond donors (Lipinski definition) is 2. The molecule has 0 saturated heterocycles. The van der Waals surface area contributed by atoms with Crippen LogP contribution < -0.4 is 5.32 Å². The Kier molecular flexibility index (Phi) is 2.45. The minimum Gasteiger partial charge on any atom is -0.365 e. The van der Waals surface area contributed by atoms with Crippen molar-refractivity contribution in [1.29, 1.82) is 0 Å². The first-order valence-corrected chi connectivity index (χ1v) is 5.90. The Balaban J connectivity index is 1.92. The maximum atomic E-state index is 4.28. The fourth-order valence-electron chi connectivity index (χ4n) is 1.62. The molecule has 0 atom stereocenters. The standard InChI is InChI=1S/C10H10N6S/c1-6-8-9(11-2-7-3-14-15-4-7)12-5-13-10(8)17-16-6/h3-5H,2H2,1H3,(H,14,15)(H,11,12,13). The molecule has 0 saturated carbocycles. The van der Waals surface area contributed by atoms with Crippen LogP contribution in [-0.4, -0.2) is 24.5 Å². The summed E-state index contributed by atoms with van der Waals surface area (Å²) in [5, 5.41) is 10.9. The number of aryl methyl sites for hydroxylation is 1. The maximum absolute atomic E-state index is 4.28. The molecule has 0 fully saturated rings. The Morgan fingerprint density at radius 2 is 2.35 bits per heavy atom. The summed E-state index contributed by atoms with van der Waals surface area (Å²) in [5.74, 6) is 0.822. The van der Waals surface area contributed by atoms with E-state index < -0.39 is 0 Å². The highest BCUT2D eigenvalue weighted by Crippen LogP contribution is 2.25. The van der Waals surface area contributed by atoms with Crippen LogP contribution in [0.3, 0.4) is 0 Å². The van der Waals surface area contributed by atoms with Crippen molar-refractivity contribution >= 4 is 27.6 Å². The smallest absolute Gasteiger partial charge is 0.149 e. The highest BCUT2D eigenvalue weighted by molar-refractivity contribution is 7.13. The Labute approximate surface area is 101 Å². The molecule has 0 aliphatic rings. The maximum Gasteiger partial charge on any atom is 0.149 e. The first kappa shape index (κ1) is 10.2. The fraction of sp³-hybridized carbons (Fsp3) is 0.200. The number of H-pyrrole nitrogens is 1. The van der Waals surface area contributed by atoms with Crippen molar-refractivity contribution < 1.29 is 0 Å². The molecule has 7 heteroatoms. The molecule has 0 amide bonds. The van der Waals surface area contributed by atoms with Crippen molar-refractivity contribution in [1.82, 2.24) is 24.5 Å². The van der Waals surface area contributed by atoms with Crippen LogP contribution in [0.2, 0.25) is 0 Å². The topological polar surface area (TPSA) is 79.4 Å². The molecule has 3 aromatic heterocycles. The van der Waals surface area contributed by atoms with Gasteiger partial charge in [0.25, 0.3) is 0 Å². The van der Waals surface area contributed by atoms with Crippen molar-refractivity contribution in [2.24, 2.45) is 0 Å². The van der Waals surface area contributed by atoms with Gasteiger partial charge in [0.2, 0.25) is 0 Å². The monoisotopic (exact) mass is 246 g/mol. The normalized spacial score (nSPS) is 10.9. The predicted molar refractivity (Wildman–Crippen MR) is 65.9 cm³/mol. The highest BCUT2D eigenvalue weighted by Gasteiger charge is 2.09. The molecule has 0 spiro atoms. The molecule has 3 rings (SSSR count). The largest absolute Gasteiger partial charge is 0.365 e. The molecule has 3 heterocycles. The van der Waals surface area contributed by atoms with E-state index >= 15 is 0 Å². The summed E-state index contributed by atoms with van der Waals surface area (Å²) in [6.45, 7) is 2.64. The lowest BCUT2D eigenvalue weighted by Gasteiger charge is -2.04. The number of nitrogens with one attached hydrogen (secondary N) is 2. The molecule has 6 nitrogen and oxygen atoms in total. The molecule has 3 aromatic rings. The first-order chi connectivity index (χ1) is 8.34.